The number of ether oxygens (including phenoxy) is 2. The largest absolute Gasteiger partial charge is 0.437 e. The molecule has 2 rings (SSSR count). The Hall–Kier alpha value is -3.45. The minimum atomic E-state index is -0.416. The van der Waals surface area contributed by atoms with E-state index in [0.29, 0.717) is 17.2 Å². The molecule has 0 aliphatic carbocycles. The zero-order valence-electron chi connectivity index (χ0n) is 11.8. The van der Waals surface area contributed by atoms with Crippen molar-refractivity contribution < 1.29 is 14.3 Å². The van der Waals surface area contributed by atoms with Gasteiger partial charge in [-0.2, -0.15) is 15.5 Å². The fraction of sp³-hybridized carbons (Fsp3) is 0.133. The summed E-state index contributed by atoms with van der Waals surface area (Å²) in [5, 5.41) is 17.8. The highest BCUT2D eigenvalue weighted by molar-refractivity contribution is 5.69. The van der Waals surface area contributed by atoms with E-state index in [-0.39, 0.29) is 17.3 Å². The monoisotopic (exact) mass is 294 g/mol. The van der Waals surface area contributed by atoms with E-state index in [4.69, 9.17) is 20.0 Å². The Morgan fingerprint density at radius 1 is 1.05 bits per heavy atom. The number of carbonyl (C=O) groups excluding carboxylic acids is 1. The molecule has 0 saturated carbocycles. The summed E-state index contributed by atoms with van der Waals surface area (Å²) in [6, 6.07) is 9.90. The van der Waals surface area contributed by atoms with Gasteiger partial charge in [-0.15, -0.1) is 0 Å². The van der Waals surface area contributed by atoms with Crippen molar-refractivity contribution in [2.75, 3.05) is 0 Å². The van der Waals surface area contributed by atoms with E-state index < -0.39 is 5.97 Å². The molecule has 2 aromatic rings. The Kier molecular flexibility index (Phi) is 4.30. The van der Waals surface area contributed by atoms with Crippen molar-refractivity contribution in [1.29, 1.82) is 10.5 Å². The second kappa shape index (κ2) is 6.33. The Balaban J connectivity index is 2.26. The van der Waals surface area contributed by atoms with Crippen LogP contribution in [0.2, 0.25) is 0 Å². The van der Waals surface area contributed by atoms with Crippen molar-refractivity contribution in [1.82, 2.24) is 9.97 Å². The van der Waals surface area contributed by atoms with Crippen LogP contribution in [-0.2, 0) is 4.79 Å². The normalized spacial score (nSPS) is 9.45. The number of hydrogen-bond donors (Lipinski definition) is 0. The summed E-state index contributed by atoms with van der Waals surface area (Å²) in [5.41, 5.74) is 0.247. The summed E-state index contributed by atoms with van der Waals surface area (Å²) in [4.78, 5) is 18.8. The quantitative estimate of drug-likeness (QED) is 0.630. The molecule has 1 heterocycles. The zero-order chi connectivity index (χ0) is 16.1. The van der Waals surface area contributed by atoms with Gasteiger partial charge in [-0.05, 0) is 31.2 Å². The van der Waals surface area contributed by atoms with Crippen molar-refractivity contribution in [3.05, 3.63) is 41.3 Å². The Morgan fingerprint density at radius 3 is 2.14 bits per heavy atom. The van der Waals surface area contributed by atoms with Crippen molar-refractivity contribution in [2.24, 2.45) is 0 Å². The SMILES string of the molecule is CC(=O)Oc1ccc(Oc2nc(C#N)c(C#N)nc2C)cc1. The fourth-order valence-electron chi connectivity index (χ4n) is 1.61. The van der Waals surface area contributed by atoms with Gasteiger partial charge in [-0.3, -0.25) is 4.79 Å². The van der Waals surface area contributed by atoms with E-state index in [0.717, 1.165) is 0 Å². The summed E-state index contributed by atoms with van der Waals surface area (Å²) in [5.74, 6) is 0.541. The maximum Gasteiger partial charge on any atom is 0.308 e. The van der Waals surface area contributed by atoms with Crippen LogP contribution in [0.5, 0.6) is 17.4 Å². The Bertz CT molecular complexity index is 801. The molecule has 0 amide bonds. The molecule has 1 aromatic heterocycles. The molecule has 1 aromatic carbocycles. The number of nitrogens with zero attached hydrogens (tertiary/aromatic N) is 4. The van der Waals surface area contributed by atoms with Gasteiger partial charge in [0.15, 0.2) is 11.4 Å². The van der Waals surface area contributed by atoms with Gasteiger partial charge < -0.3 is 9.47 Å². The molecule has 0 bridgehead atoms. The van der Waals surface area contributed by atoms with E-state index in [1.807, 2.05) is 0 Å². The number of aryl methyl sites for hydroxylation is 1. The topological polar surface area (TPSA) is 109 Å². The molecule has 22 heavy (non-hydrogen) atoms. The maximum absolute atomic E-state index is 10.8. The van der Waals surface area contributed by atoms with Gasteiger partial charge in [0.2, 0.25) is 5.88 Å². The van der Waals surface area contributed by atoms with E-state index in [2.05, 4.69) is 9.97 Å². The minimum Gasteiger partial charge on any atom is -0.437 e. The third-order valence-corrected chi connectivity index (χ3v) is 2.54. The smallest absolute Gasteiger partial charge is 0.308 e. The third-order valence-electron chi connectivity index (χ3n) is 2.54. The van der Waals surface area contributed by atoms with Crippen LogP contribution in [0.3, 0.4) is 0 Å². The number of esters is 1. The molecule has 7 nitrogen and oxygen atoms in total. The highest BCUT2D eigenvalue weighted by atomic mass is 16.5. The van der Waals surface area contributed by atoms with Crippen LogP contribution in [0.15, 0.2) is 24.3 Å². The predicted molar refractivity (Wildman–Crippen MR) is 74.0 cm³/mol. The number of hydrogen-bond acceptors (Lipinski definition) is 7. The lowest BCUT2D eigenvalue weighted by Crippen LogP contribution is -2.02. The first-order chi connectivity index (χ1) is 10.5. The molecule has 0 unspecified atom stereocenters. The van der Waals surface area contributed by atoms with E-state index >= 15 is 0 Å². The first-order valence-corrected chi connectivity index (χ1v) is 6.18. The minimum absolute atomic E-state index is 0.0439. The molecule has 0 radical (unpaired) electrons. The zero-order valence-corrected chi connectivity index (χ0v) is 11.8. The van der Waals surface area contributed by atoms with Gasteiger partial charge in [0.1, 0.15) is 29.3 Å². The fourth-order valence-corrected chi connectivity index (χ4v) is 1.61. The van der Waals surface area contributed by atoms with Crippen molar-refractivity contribution in [3.63, 3.8) is 0 Å². The number of benzene rings is 1. The van der Waals surface area contributed by atoms with E-state index in [9.17, 15) is 4.79 Å². The standard InChI is InChI=1S/C15H10N4O3/c1-9-15(19-14(8-17)13(7-16)18-9)22-12-5-3-11(4-6-12)21-10(2)20/h3-6H,1-2H3. The summed E-state index contributed by atoms with van der Waals surface area (Å²) < 4.78 is 10.4. The first kappa shape index (κ1) is 14.9. The lowest BCUT2D eigenvalue weighted by molar-refractivity contribution is -0.131. The third kappa shape index (κ3) is 3.35. The molecule has 0 aliphatic heterocycles. The van der Waals surface area contributed by atoms with Gasteiger partial charge >= 0.3 is 5.97 Å². The highest BCUT2D eigenvalue weighted by Gasteiger charge is 2.12. The number of nitriles is 2. The van der Waals surface area contributed by atoms with Crippen LogP contribution in [0, 0.1) is 29.6 Å². The first-order valence-electron chi connectivity index (χ1n) is 6.18. The van der Waals surface area contributed by atoms with Crippen LogP contribution < -0.4 is 9.47 Å². The van der Waals surface area contributed by atoms with Gasteiger partial charge in [0.05, 0.1) is 0 Å². The lowest BCUT2D eigenvalue weighted by atomic mass is 10.3. The lowest BCUT2D eigenvalue weighted by Gasteiger charge is -2.08. The van der Waals surface area contributed by atoms with Gasteiger partial charge in [-0.1, -0.05) is 0 Å². The summed E-state index contributed by atoms with van der Waals surface area (Å²) in [6.07, 6.45) is 0. The summed E-state index contributed by atoms with van der Waals surface area (Å²) in [6.45, 7) is 2.93. The maximum atomic E-state index is 10.8. The molecule has 7 heteroatoms. The molecule has 0 saturated heterocycles. The van der Waals surface area contributed by atoms with Crippen molar-refractivity contribution >= 4 is 5.97 Å². The molecule has 0 N–H and O–H groups in total. The van der Waals surface area contributed by atoms with Gasteiger partial charge in [0.25, 0.3) is 0 Å². The molecule has 0 aliphatic rings. The van der Waals surface area contributed by atoms with Gasteiger partial charge in [-0.25, -0.2) is 4.98 Å². The summed E-state index contributed by atoms with van der Waals surface area (Å²) in [7, 11) is 0. The average Bonchev–Trinajstić information content (AvgIpc) is 2.50. The van der Waals surface area contributed by atoms with Crippen LogP contribution in [0.1, 0.15) is 24.0 Å². The van der Waals surface area contributed by atoms with Gasteiger partial charge in [0, 0.05) is 6.92 Å². The number of carbonyl (C=O) groups is 1. The number of aromatic nitrogens is 2. The molecule has 0 atom stereocenters. The molecule has 0 fully saturated rings. The molecular formula is C15H10N4O3. The molecule has 0 spiro atoms. The Labute approximate surface area is 126 Å². The average molecular weight is 294 g/mol. The summed E-state index contributed by atoms with van der Waals surface area (Å²) >= 11 is 0. The number of rotatable bonds is 3. The van der Waals surface area contributed by atoms with Crippen molar-refractivity contribution in [2.45, 2.75) is 13.8 Å². The second-order valence-electron chi connectivity index (χ2n) is 4.20. The Morgan fingerprint density at radius 2 is 1.59 bits per heavy atom. The van der Waals surface area contributed by atoms with Crippen LogP contribution in [0.4, 0.5) is 0 Å². The van der Waals surface area contributed by atoms with Crippen molar-refractivity contribution in [3.8, 4) is 29.5 Å². The predicted octanol–water partition coefficient (Wildman–Crippen LogP) is 2.25. The van der Waals surface area contributed by atoms with Crippen LogP contribution >= 0.6 is 0 Å². The van der Waals surface area contributed by atoms with E-state index in [1.54, 1.807) is 43.3 Å². The van der Waals surface area contributed by atoms with Crippen LogP contribution in [0.25, 0.3) is 0 Å². The van der Waals surface area contributed by atoms with E-state index in [1.165, 1.54) is 6.92 Å². The highest BCUT2D eigenvalue weighted by Crippen LogP contribution is 2.25. The van der Waals surface area contributed by atoms with Crippen LogP contribution in [-0.4, -0.2) is 15.9 Å². The molecular weight excluding hydrogens is 284 g/mol. The molecule has 108 valence electrons. The second-order valence-corrected chi connectivity index (χ2v) is 4.20.